The first-order chi connectivity index (χ1) is 14.3. The first-order valence-electron chi connectivity index (χ1n) is 9.42. The van der Waals surface area contributed by atoms with Crippen molar-refractivity contribution in [3.63, 3.8) is 0 Å². The zero-order valence-electron chi connectivity index (χ0n) is 16.8. The van der Waals surface area contributed by atoms with Gasteiger partial charge in [0.05, 0.1) is 11.4 Å². The molecular weight excluding hydrogens is 420 g/mol. The Hall–Kier alpha value is -2.67. The van der Waals surface area contributed by atoms with E-state index >= 15 is 0 Å². The number of sulfonamides is 1. The summed E-state index contributed by atoms with van der Waals surface area (Å²) in [5.41, 5.74) is 3.27. The molecule has 0 aliphatic heterocycles. The topological polar surface area (TPSA) is 66.5 Å². The van der Waals surface area contributed by atoms with E-state index in [0.29, 0.717) is 10.7 Å². The number of aryl methyl sites for hydroxylation is 2. The number of carbonyl (C=O) groups excluding carboxylic acids is 1. The molecule has 7 heteroatoms. The number of hydrogen-bond acceptors (Lipinski definition) is 3. The van der Waals surface area contributed by atoms with E-state index in [-0.39, 0.29) is 18.0 Å². The molecule has 0 saturated heterocycles. The Labute approximate surface area is 182 Å². The van der Waals surface area contributed by atoms with Crippen LogP contribution in [0.3, 0.4) is 0 Å². The van der Waals surface area contributed by atoms with E-state index in [1.54, 1.807) is 36.4 Å². The normalized spacial score (nSPS) is 11.5. The second-order valence-electron chi connectivity index (χ2n) is 7.08. The van der Waals surface area contributed by atoms with Gasteiger partial charge in [0.2, 0.25) is 15.9 Å². The molecule has 0 radical (unpaired) electrons. The first-order valence-corrected chi connectivity index (χ1v) is 11.2. The van der Waals surface area contributed by atoms with Gasteiger partial charge in [-0.3, -0.25) is 4.79 Å². The summed E-state index contributed by atoms with van der Waals surface area (Å²) in [7, 11) is -3.86. The summed E-state index contributed by atoms with van der Waals surface area (Å²) < 4.78 is 27.7. The Balaban J connectivity index is 1.86. The monoisotopic (exact) mass is 442 g/mol. The van der Waals surface area contributed by atoms with Gasteiger partial charge in [-0.1, -0.05) is 59.6 Å². The van der Waals surface area contributed by atoms with Crippen LogP contribution in [0.2, 0.25) is 5.02 Å². The van der Waals surface area contributed by atoms with Gasteiger partial charge in [0.15, 0.2) is 0 Å². The van der Waals surface area contributed by atoms with Crippen molar-refractivity contribution >= 4 is 33.2 Å². The van der Waals surface area contributed by atoms with Crippen molar-refractivity contribution in [2.75, 3.05) is 11.9 Å². The fourth-order valence-corrected chi connectivity index (χ4v) is 4.61. The number of anilines is 1. The van der Waals surface area contributed by atoms with Crippen LogP contribution in [0.25, 0.3) is 0 Å². The lowest BCUT2D eigenvalue weighted by Crippen LogP contribution is -2.37. The molecule has 0 aromatic heterocycles. The predicted octanol–water partition coefficient (Wildman–Crippen LogP) is 4.79. The van der Waals surface area contributed by atoms with Gasteiger partial charge in [0.25, 0.3) is 0 Å². The van der Waals surface area contributed by atoms with Gasteiger partial charge in [0.1, 0.15) is 0 Å². The zero-order chi connectivity index (χ0) is 21.7. The highest BCUT2D eigenvalue weighted by molar-refractivity contribution is 7.89. The summed E-state index contributed by atoms with van der Waals surface area (Å²) in [6, 6.07) is 20.8. The van der Waals surface area contributed by atoms with Gasteiger partial charge >= 0.3 is 0 Å². The maximum Gasteiger partial charge on any atom is 0.243 e. The summed E-state index contributed by atoms with van der Waals surface area (Å²) >= 11 is 5.97. The summed E-state index contributed by atoms with van der Waals surface area (Å²) in [5.74, 6) is -0.424. The third kappa shape index (κ3) is 5.48. The molecule has 0 aliphatic rings. The smallest absolute Gasteiger partial charge is 0.243 e. The molecule has 0 saturated carbocycles. The Bertz CT molecular complexity index is 1130. The number of benzene rings is 3. The van der Waals surface area contributed by atoms with Gasteiger partial charge in [0, 0.05) is 17.3 Å². The van der Waals surface area contributed by atoms with Crippen LogP contribution >= 0.6 is 11.6 Å². The lowest BCUT2D eigenvalue weighted by atomic mass is 10.1. The Morgan fingerprint density at radius 1 is 0.967 bits per heavy atom. The number of amides is 1. The van der Waals surface area contributed by atoms with Gasteiger partial charge in [-0.05, 0) is 55.3 Å². The molecule has 30 heavy (non-hydrogen) atoms. The van der Waals surface area contributed by atoms with E-state index in [1.165, 1.54) is 16.4 Å². The van der Waals surface area contributed by atoms with Crippen LogP contribution in [0.1, 0.15) is 16.7 Å². The first kappa shape index (κ1) is 22.0. The van der Waals surface area contributed by atoms with Crippen molar-refractivity contribution in [1.29, 1.82) is 0 Å². The zero-order valence-corrected chi connectivity index (χ0v) is 18.4. The van der Waals surface area contributed by atoms with Crippen molar-refractivity contribution in [2.24, 2.45) is 0 Å². The van der Waals surface area contributed by atoms with E-state index < -0.39 is 15.9 Å². The van der Waals surface area contributed by atoms with Crippen molar-refractivity contribution in [2.45, 2.75) is 25.3 Å². The van der Waals surface area contributed by atoms with Crippen LogP contribution in [0.4, 0.5) is 5.69 Å². The van der Waals surface area contributed by atoms with Crippen molar-refractivity contribution in [1.82, 2.24) is 4.31 Å². The second kappa shape index (κ2) is 9.43. The molecule has 156 valence electrons. The van der Waals surface area contributed by atoms with Crippen molar-refractivity contribution in [3.05, 3.63) is 94.5 Å². The maximum atomic E-state index is 13.2. The van der Waals surface area contributed by atoms with Gasteiger partial charge in [-0.15, -0.1) is 0 Å². The molecule has 0 unspecified atom stereocenters. The average Bonchev–Trinajstić information content (AvgIpc) is 2.72. The highest BCUT2D eigenvalue weighted by Crippen LogP contribution is 2.21. The van der Waals surface area contributed by atoms with Crippen LogP contribution in [0.15, 0.2) is 77.7 Å². The van der Waals surface area contributed by atoms with E-state index in [1.807, 2.05) is 38.1 Å². The molecule has 0 fully saturated rings. The number of nitrogens with one attached hydrogen (secondary N) is 1. The van der Waals surface area contributed by atoms with Crippen LogP contribution in [0, 0.1) is 13.8 Å². The minimum Gasteiger partial charge on any atom is -0.325 e. The predicted molar refractivity (Wildman–Crippen MR) is 120 cm³/mol. The largest absolute Gasteiger partial charge is 0.325 e. The molecule has 3 rings (SSSR count). The second-order valence-corrected chi connectivity index (χ2v) is 9.45. The number of carbonyl (C=O) groups is 1. The van der Waals surface area contributed by atoms with E-state index in [2.05, 4.69) is 5.32 Å². The quantitative estimate of drug-likeness (QED) is 0.572. The lowest BCUT2D eigenvalue weighted by molar-refractivity contribution is -0.116. The van der Waals surface area contributed by atoms with Crippen LogP contribution in [0.5, 0.6) is 0 Å². The van der Waals surface area contributed by atoms with E-state index in [9.17, 15) is 13.2 Å². The highest BCUT2D eigenvalue weighted by Gasteiger charge is 2.27. The maximum absolute atomic E-state index is 13.2. The molecule has 0 spiro atoms. The Morgan fingerprint density at radius 3 is 2.27 bits per heavy atom. The van der Waals surface area contributed by atoms with E-state index in [4.69, 9.17) is 11.6 Å². The number of nitrogens with zero attached hydrogens (tertiary/aromatic N) is 1. The molecular formula is C23H23ClN2O3S. The molecule has 0 bridgehead atoms. The third-order valence-electron chi connectivity index (χ3n) is 4.64. The average molecular weight is 443 g/mol. The van der Waals surface area contributed by atoms with Crippen molar-refractivity contribution in [3.8, 4) is 0 Å². The van der Waals surface area contributed by atoms with Crippen molar-refractivity contribution < 1.29 is 13.2 Å². The highest BCUT2D eigenvalue weighted by atomic mass is 35.5. The Kier molecular flexibility index (Phi) is 6.92. The number of hydrogen-bond donors (Lipinski definition) is 1. The van der Waals surface area contributed by atoms with Gasteiger partial charge < -0.3 is 5.32 Å². The van der Waals surface area contributed by atoms with Crippen LogP contribution < -0.4 is 5.32 Å². The minimum atomic E-state index is -3.86. The lowest BCUT2D eigenvalue weighted by Gasteiger charge is -2.22. The molecule has 0 heterocycles. The van der Waals surface area contributed by atoms with E-state index in [0.717, 1.165) is 16.7 Å². The molecule has 1 amide bonds. The standard InChI is InChI=1S/C23H23ClN2O3S/c1-17-8-10-19(11-9-17)15-26(30(28,29)21-6-4-3-5-7-21)16-23(27)25-22-13-12-20(24)14-18(22)2/h3-14H,15-16H2,1-2H3,(H,25,27). The SMILES string of the molecule is Cc1ccc(CN(CC(=O)Nc2ccc(Cl)cc2C)S(=O)(=O)c2ccccc2)cc1. The number of halogens is 1. The molecule has 0 atom stereocenters. The summed E-state index contributed by atoms with van der Waals surface area (Å²) in [5, 5.41) is 3.35. The fourth-order valence-electron chi connectivity index (χ4n) is 2.98. The van der Waals surface area contributed by atoms with Crippen LogP contribution in [-0.2, 0) is 21.4 Å². The van der Waals surface area contributed by atoms with Gasteiger partial charge in [-0.2, -0.15) is 4.31 Å². The third-order valence-corrected chi connectivity index (χ3v) is 6.68. The minimum absolute atomic E-state index is 0.0878. The summed E-state index contributed by atoms with van der Waals surface area (Å²) in [6.07, 6.45) is 0. The fraction of sp³-hybridized carbons (Fsp3) is 0.174. The molecule has 0 aliphatic carbocycles. The Morgan fingerprint density at radius 2 is 1.63 bits per heavy atom. The molecule has 3 aromatic rings. The molecule has 5 nitrogen and oxygen atoms in total. The molecule has 1 N–H and O–H groups in total. The van der Waals surface area contributed by atoms with Gasteiger partial charge in [-0.25, -0.2) is 8.42 Å². The molecule has 3 aromatic carbocycles. The summed E-state index contributed by atoms with van der Waals surface area (Å²) in [6.45, 7) is 3.56. The number of rotatable bonds is 7. The summed E-state index contributed by atoms with van der Waals surface area (Å²) in [4.78, 5) is 12.9. The van der Waals surface area contributed by atoms with Crippen LogP contribution in [-0.4, -0.2) is 25.2 Å².